The Hall–Kier alpha value is -2.05. The van der Waals surface area contributed by atoms with Crippen LogP contribution in [0.2, 0.25) is 5.02 Å². The fourth-order valence-corrected chi connectivity index (χ4v) is 2.96. The second kappa shape index (κ2) is 8.36. The monoisotopic (exact) mass is 368 g/mol. The fourth-order valence-electron chi connectivity index (χ4n) is 2.74. The first-order chi connectivity index (χ1) is 11.8. The zero-order chi connectivity index (χ0) is 18.6. The third kappa shape index (κ3) is 4.96. The van der Waals surface area contributed by atoms with E-state index in [1.54, 1.807) is 19.1 Å². The van der Waals surface area contributed by atoms with Crippen LogP contribution >= 0.6 is 11.6 Å². The summed E-state index contributed by atoms with van der Waals surface area (Å²) in [7, 11) is 0. The molecule has 6 nitrogen and oxygen atoms in total. The Bertz CT molecular complexity index is 697. The van der Waals surface area contributed by atoms with E-state index in [-0.39, 0.29) is 41.2 Å². The zero-order valence-corrected chi connectivity index (χ0v) is 14.6. The van der Waals surface area contributed by atoms with E-state index in [4.69, 9.17) is 16.3 Å². The highest BCUT2D eigenvalue weighted by atomic mass is 35.5. The largest absolute Gasteiger partial charge is 0.507 e. The second-order valence-corrected chi connectivity index (χ2v) is 6.52. The highest BCUT2D eigenvalue weighted by molar-refractivity contribution is 6.33. The molecule has 0 unspecified atom stereocenters. The number of aliphatic hydroxyl groups is 1. The first kappa shape index (κ1) is 19.3. The molecule has 1 aliphatic rings. The van der Waals surface area contributed by atoms with Crippen molar-refractivity contribution in [1.29, 1.82) is 0 Å². The Labute approximate surface area is 150 Å². The molecule has 2 atom stereocenters. The molecule has 25 heavy (non-hydrogen) atoms. The number of halogens is 1. The molecule has 2 rings (SSSR count). The normalized spacial score (nSPS) is 24.1. The lowest BCUT2D eigenvalue weighted by molar-refractivity contribution is -0.118. The molecular formula is C18H21ClO6. The van der Waals surface area contributed by atoms with Crippen molar-refractivity contribution in [1.82, 2.24) is 0 Å². The van der Waals surface area contributed by atoms with Gasteiger partial charge in [0.2, 0.25) is 0 Å². The highest BCUT2D eigenvalue weighted by Crippen LogP contribution is 2.37. The lowest BCUT2D eigenvalue weighted by Crippen LogP contribution is -2.22. The Morgan fingerprint density at radius 2 is 1.96 bits per heavy atom. The van der Waals surface area contributed by atoms with Gasteiger partial charge >= 0.3 is 5.97 Å². The number of benzene rings is 1. The Morgan fingerprint density at radius 1 is 1.24 bits per heavy atom. The van der Waals surface area contributed by atoms with Crippen molar-refractivity contribution >= 4 is 23.4 Å². The maximum absolute atomic E-state index is 12.4. The van der Waals surface area contributed by atoms with Gasteiger partial charge in [-0.2, -0.15) is 0 Å². The molecule has 0 spiro atoms. The molecular weight excluding hydrogens is 348 g/mol. The van der Waals surface area contributed by atoms with Gasteiger partial charge in [-0.3, -0.25) is 4.79 Å². The number of aliphatic hydroxyl groups excluding tert-OH is 1. The predicted molar refractivity (Wildman–Crippen MR) is 92.0 cm³/mol. The minimum absolute atomic E-state index is 0.0505. The van der Waals surface area contributed by atoms with Crippen molar-refractivity contribution in [3.8, 4) is 11.5 Å². The first-order valence-corrected chi connectivity index (χ1v) is 8.48. The number of cyclic esters (lactones) is 1. The van der Waals surface area contributed by atoms with Crippen molar-refractivity contribution in [3.05, 3.63) is 34.4 Å². The fraction of sp³-hybridized carbons (Fsp3) is 0.444. The summed E-state index contributed by atoms with van der Waals surface area (Å²) in [5, 5.41) is 29.6. The van der Waals surface area contributed by atoms with Gasteiger partial charge in [-0.25, -0.2) is 4.79 Å². The van der Waals surface area contributed by atoms with Gasteiger partial charge in [0, 0.05) is 30.9 Å². The van der Waals surface area contributed by atoms with Crippen molar-refractivity contribution in [3.63, 3.8) is 0 Å². The molecule has 136 valence electrons. The van der Waals surface area contributed by atoms with Crippen LogP contribution in [0.4, 0.5) is 0 Å². The number of rotatable bonds is 0. The summed E-state index contributed by atoms with van der Waals surface area (Å²) >= 11 is 6.05. The molecule has 3 N–H and O–H groups in total. The summed E-state index contributed by atoms with van der Waals surface area (Å²) in [5.41, 5.74) is -0.181. The summed E-state index contributed by atoms with van der Waals surface area (Å²) in [6.07, 6.45) is 3.47. The maximum Gasteiger partial charge on any atom is 0.342 e. The van der Waals surface area contributed by atoms with E-state index in [9.17, 15) is 24.9 Å². The van der Waals surface area contributed by atoms with E-state index in [1.165, 1.54) is 0 Å². The molecule has 0 aromatic heterocycles. The quantitative estimate of drug-likeness (QED) is 0.480. The predicted octanol–water partition coefficient (Wildman–Crippen LogP) is 2.90. The van der Waals surface area contributed by atoms with Crippen LogP contribution < -0.4 is 0 Å². The standard InChI is InChI=1S/C18H21ClO6/c1-10-7-11(20)5-3-2-4-6-12(21)8-13-16(18(24)25-10)14(22)9-15(23)17(13)19/h3,5,9-11,20,22-23H,2,4,6-8H2,1H3/b5-3+/t10-,11+/m1/s1. The molecule has 1 aromatic rings. The lowest BCUT2D eigenvalue weighted by Gasteiger charge is -2.18. The van der Waals surface area contributed by atoms with Gasteiger partial charge in [-0.05, 0) is 19.8 Å². The summed E-state index contributed by atoms with van der Waals surface area (Å²) in [6, 6.07) is 0.943. The van der Waals surface area contributed by atoms with Crippen molar-refractivity contribution in [2.45, 2.75) is 51.2 Å². The van der Waals surface area contributed by atoms with E-state index in [2.05, 4.69) is 0 Å². The summed E-state index contributed by atoms with van der Waals surface area (Å²) in [5.74, 6) is -1.96. The van der Waals surface area contributed by atoms with Crippen LogP contribution in [-0.2, 0) is 16.0 Å². The lowest BCUT2D eigenvalue weighted by atomic mass is 9.98. The number of allylic oxidation sites excluding steroid dienone is 1. The van der Waals surface area contributed by atoms with E-state index in [0.29, 0.717) is 12.8 Å². The smallest absolute Gasteiger partial charge is 0.342 e. The van der Waals surface area contributed by atoms with Crippen LogP contribution in [0, 0.1) is 0 Å². The number of carbonyl (C=O) groups excluding carboxylic acids is 2. The van der Waals surface area contributed by atoms with Crippen molar-refractivity contribution in [2.24, 2.45) is 0 Å². The van der Waals surface area contributed by atoms with E-state index in [1.807, 2.05) is 0 Å². The Morgan fingerprint density at radius 3 is 2.68 bits per heavy atom. The number of phenolic OH excluding ortho intramolecular Hbond substituents is 2. The van der Waals surface area contributed by atoms with E-state index >= 15 is 0 Å². The third-order valence-electron chi connectivity index (χ3n) is 3.97. The summed E-state index contributed by atoms with van der Waals surface area (Å²) < 4.78 is 5.26. The zero-order valence-electron chi connectivity index (χ0n) is 13.9. The number of Topliss-reactive ketones (excluding diaryl/α,β-unsaturated/α-hetero) is 1. The molecule has 1 heterocycles. The van der Waals surface area contributed by atoms with Crippen LogP contribution in [0.15, 0.2) is 18.2 Å². The number of esters is 1. The van der Waals surface area contributed by atoms with Crippen LogP contribution in [0.1, 0.15) is 48.5 Å². The minimum Gasteiger partial charge on any atom is -0.507 e. The van der Waals surface area contributed by atoms with Gasteiger partial charge < -0.3 is 20.1 Å². The number of phenols is 2. The molecule has 0 bridgehead atoms. The number of fused-ring (bicyclic) bond motifs is 1. The number of carbonyl (C=O) groups is 2. The molecule has 0 saturated heterocycles. The number of hydrogen-bond acceptors (Lipinski definition) is 6. The van der Waals surface area contributed by atoms with Gasteiger partial charge in [0.05, 0.1) is 11.1 Å². The van der Waals surface area contributed by atoms with Gasteiger partial charge in [-0.15, -0.1) is 0 Å². The number of ketones is 1. The van der Waals surface area contributed by atoms with Gasteiger partial charge in [0.25, 0.3) is 0 Å². The first-order valence-electron chi connectivity index (χ1n) is 8.10. The van der Waals surface area contributed by atoms with Crippen molar-refractivity contribution < 1.29 is 29.6 Å². The van der Waals surface area contributed by atoms with E-state index in [0.717, 1.165) is 6.07 Å². The SMILES string of the molecule is C[C@@H]1C[C@@H](O)/C=C/CCCC(=O)Cc2c(Cl)c(O)cc(O)c2C(=O)O1. The molecule has 1 aromatic carbocycles. The van der Waals surface area contributed by atoms with Crippen LogP contribution in [0.3, 0.4) is 0 Å². The second-order valence-electron chi connectivity index (χ2n) is 6.14. The minimum atomic E-state index is -0.858. The molecule has 0 radical (unpaired) electrons. The topological polar surface area (TPSA) is 104 Å². The average Bonchev–Trinajstić information content (AvgIpc) is 2.50. The van der Waals surface area contributed by atoms with Crippen molar-refractivity contribution in [2.75, 3.05) is 0 Å². The average molecular weight is 369 g/mol. The Balaban J connectivity index is 2.43. The van der Waals surface area contributed by atoms with Crippen LogP contribution in [0.25, 0.3) is 0 Å². The third-order valence-corrected chi connectivity index (χ3v) is 4.39. The van der Waals surface area contributed by atoms with Gasteiger partial charge in [0.15, 0.2) is 0 Å². The molecule has 0 fully saturated rings. The molecule has 1 aliphatic heterocycles. The number of hydrogen-bond donors (Lipinski definition) is 3. The van der Waals surface area contributed by atoms with Gasteiger partial charge in [-0.1, -0.05) is 23.8 Å². The highest BCUT2D eigenvalue weighted by Gasteiger charge is 2.26. The van der Waals surface area contributed by atoms with Crippen LogP contribution in [-0.4, -0.2) is 39.3 Å². The molecule has 0 saturated carbocycles. The summed E-state index contributed by atoms with van der Waals surface area (Å²) in [6.45, 7) is 1.62. The maximum atomic E-state index is 12.4. The van der Waals surface area contributed by atoms with Crippen LogP contribution in [0.5, 0.6) is 11.5 Å². The van der Waals surface area contributed by atoms with E-state index < -0.39 is 29.7 Å². The molecule has 7 heteroatoms. The van der Waals surface area contributed by atoms with Gasteiger partial charge in [0.1, 0.15) is 28.9 Å². The summed E-state index contributed by atoms with van der Waals surface area (Å²) in [4.78, 5) is 24.6. The number of aromatic hydroxyl groups is 2. The molecule has 0 aliphatic carbocycles. The number of ether oxygens (including phenoxy) is 1. The Kier molecular flexibility index (Phi) is 6.45. The molecule has 0 amide bonds.